The van der Waals surface area contributed by atoms with Gasteiger partial charge in [0.25, 0.3) is 0 Å². The molecule has 0 aromatic carbocycles. The van der Waals surface area contributed by atoms with E-state index in [-0.39, 0.29) is 5.91 Å². The van der Waals surface area contributed by atoms with E-state index in [9.17, 15) is 4.79 Å². The van der Waals surface area contributed by atoms with Crippen LogP contribution in [-0.4, -0.2) is 15.7 Å². The highest BCUT2D eigenvalue weighted by molar-refractivity contribution is 5.81. The van der Waals surface area contributed by atoms with E-state index < -0.39 is 5.41 Å². The molecule has 90 valence electrons. The summed E-state index contributed by atoms with van der Waals surface area (Å²) in [5, 5.41) is 4.41. The molecule has 1 aromatic heterocycles. The monoisotopic (exact) mass is 224 g/mol. The van der Waals surface area contributed by atoms with Crippen LogP contribution in [0.2, 0.25) is 0 Å². The maximum absolute atomic E-state index is 11.6. The van der Waals surface area contributed by atoms with Crippen LogP contribution in [0.25, 0.3) is 0 Å². The van der Waals surface area contributed by atoms with Crippen LogP contribution in [0.1, 0.15) is 30.8 Å². The molecule has 0 bridgehead atoms. The maximum atomic E-state index is 11.6. The van der Waals surface area contributed by atoms with E-state index in [0.717, 1.165) is 11.4 Å². The van der Waals surface area contributed by atoms with Crippen LogP contribution in [0.5, 0.6) is 0 Å². The molecule has 1 amide bonds. The number of nitrogens with two attached hydrogens (primary N) is 1. The van der Waals surface area contributed by atoms with Crippen LogP contribution in [-0.2, 0) is 11.3 Å². The van der Waals surface area contributed by atoms with E-state index in [1.165, 1.54) is 5.56 Å². The molecule has 0 saturated carbocycles. The third kappa shape index (κ3) is 2.24. The van der Waals surface area contributed by atoms with Crippen molar-refractivity contribution in [2.24, 2.45) is 11.3 Å². The highest BCUT2D eigenvalue weighted by atomic mass is 16.2. The summed E-state index contributed by atoms with van der Waals surface area (Å²) in [7, 11) is 0. The van der Waals surface area contributed by atoms with E-state index in [1.807, 2.05) is 39.3 Å². The molecule has 0 aliphatic heterocycles. The Morgan fingerprint density at radius 1 is 1.44 bits per heavy atom. The van der Waals surface area contributed by atoms with Gasteiger partial charge in [-0.15, -0.1) is 0 Å². The quantitative estimate of drug-likeness (QED) is 0.453. The Hall–Kier alpha value is -1.36. The molecule has 0 spiro atoms. The summed E-state index contributed by atoms with van der Waals surface area (Å²) < 4.78 is 1.86. The van der Waals surface area contributed by atoms with Crippen LogP contribution in [0.4, 0.5) is 0 Å². The summed E-state index contributed by atoms with van der Waals surface area (Å²) in [5.41, 5.74) is 4.89. The Labute approximate surface area is 96.0 Å². The number of hydrazine groups is 1. The average Bonchev–Trinajstić information content (AvgIpc) is 2.44. The largest absolute Gasteiger partial charge is 0.294 e. The lowest BCUT2D eigenvalue weighted by molar-refractivity contribution is -0.130. The molecule has 3 N–H and O–H groups in total. The highest BCUT2D eigenvalue weighted by Crippen LogP contribution is 2.20. The number of nitrogens with one attached hydrogen (secondary N) is 1. The number of amides is 1. The van der Waals surface area contributed by atoms with Gasteiger partial charge in [-0.25, -0.2) is 5.84 Å². The fourth-order valence-electron chi connectivity index (χ4n) is 1.58. The maximum Gasteiger partial charge on any atom is 0.241 e. The Morgan fingerprint density at radius 3 is 2.38 bits per heavy atom. The van der Waals surface area contributed by atoms with E-state index in [1.54, 1.807) is 0 Å². The third-order valence-corrected chi connectivity index (χ3v) is 3.03. The highest BCUT2D eigenvalue weighted by Gasteiger charge is 2.28. The van der Waals surface area contributed by atoms with Gasteiger partial charge in [0.15, 0.2) is 0 Å². The van der Waals surface area contributed by atoms with Crippen molar-refractivity contribution in [3.05, 3.63) is 17.0 Å². The number of nitrogens with zero attached hydrogens (tertiary/aromatic N) is 2. The lowest BCUT2D eigenvalue weighted by Gasteiger charge is -2.22. The minimum absolute atomic E-state index is 0.183. The zero-order valence-electron chi connectivity index (χ0n) is 10.6. The average molecular weight is 224 g/mol. The molecule has 1 rings (SSSR count). The van der Waals surface area contributed by atoms with Gasteiger partial charge < -0.3 is 0 Å². The molecule has 5 heteroatoms. The lowest BCUT2D eigenvalue weighted by Crippen LogP contribution is -2.43. The zero-order chi connectivity index (χ0) is 12.5. The number of carbonyl (C=O) groups is 1. The minimum Gasteiger partial charge on any atom is -0.294 e. The first-order valence-corrected chi connectivity index (χ1v) is 5.31. The van der Waals surface area contributed by atoms with Crippen molar-refractivity contribution in [2.45, 2.75) is 41.2 Å². The second-order valence-electron chi connectivity index (χ2n) is 4.81. The standard InChI is InChI=1S/C11H20N4O/c1-7-8(2)14-15(9(7)3)6-11(4,5)10(16)13-12/h6,12H2,1-5H3,(H,13,16). The van der Waals surface area contributed by atoms with Crippen molar-refractivity contribution in [3.8, 4) is 0 Å². The van der Waals surface area contributed by atoms with Crippen molar-refractivity contribution in [3.63, 3.8) is 0 Å². The molecule has 0 aliphatic rings. The molecule has 0 fully saturated rings. The van der Waals surface area contributed by atoms with E-state index >= 15 is 0 Å². The van der Waals surface area contributed by atoms with Gasteiger partial charge in [0, 0.05) is 5.69 Å². The molecular formula is C11H20N4O. The predicted molar refractivity (Wildman–Crippen MR) is 62.5 cm³/mol. The molecule has 0 aliphatic carbocycles. The minimum atomic E-state index is -0.565. The van der Waals surface area contributed by atoms with Crippen molar-refractivity contribution >= 4 is 5.91 Å². The van der Waals surface area contributed by atoms with Crippen molar-refractivity contribution in [1.82, 2.24) is 15.2 Å². The van der Waals surface area contributed by atoms with Gasteiger partial charge in [0.2, 0.25) is 5.91 Å². The Morgan fingerprint density at radius 2 is 2.00 bits per heavy atom. The third-order valence-electron chi connectivity index (χ3n) is 3.03. The van der Waals surface area contributed by atoms with Crippen molar-refractivity contribution in [2.75, 3.05) is 0 Å². The predicted octanol–water partition coefficient (Wildman–Crippen LogP) is 0.824. The number of carbonyl (C=O) groups excluding carboxylic acids is 1. The molecule has 0 atom stereocenters. The molecule has 16 heavy (non-hydrogen) atoms. The molecule has 1 aromatic rings. The van der Waals surface area contributed by atoms with Gasteiger partial charge in [-0.05, 0) is 40.2 Å². The number of aryl methyl sites for hydroxylation is 1. The summed E-state index contributed by atoms with van der Waals surface area (Å²) >= 11 is 0. The first-order valence-electron chi connectivity index (χ1n) is 5.31. The van der Waals surface area contributed by atoms with Gasteiger partial charge in [0.1, 0.15) is 0 Å². The number of aromatic nitrogens is 2. The Bertz CT molecular complexity index is 406. The summed E-state index contributed by atoms with van der Waals surface area (Å²) in [6.45, 7) is 10.2. The zero-order valence-corrected chi connectivity index (χ0v) is 10.6. The van der Waals surface area contributed by atoms with Gasteiger partial charge in [0.05, 0.1) is 17.7 Å². The summed E-state index contributed by atoms with van der Waals surface area (Å²) in [6.07, 6.45) is 0. The first-order chi connectivity index (χ1) is 7.29. The molecule has 1 heterocycles. The Kier molecular flexibility index (Phi) is 3.38. The summed E-state index contributed by atoms with van der Waals surface area (Å²) in [5.74, 6) is 4.97. The van der Waals surface area contributed by atoms with Gasteiger partial charge in [-0.1, -0.05) is 0 Å². The second kappa shape index (κ2) is 4.25. The van der Waals surface area contributed by atoms with Gasteiger partial charge >= 0.3 is 0 Å². The van der Waals surface area contributed by atoms with Crippen LogP contribution >= 0.6 is 0 Å². The fraction of sp³-hybridized carbons (Fsp3) is 0.636. The molecule has 5 nitrogen and oxygen atoms in total. The number of rotatable bonds is 3. The van der Waals surface area contributed by atoms with Gasteiger partial charge in [-0.2, -0.15) is 5.10 Å². The normalized spacial score (nSPS) is 11.6. The first kappa shape index (κ1) is 12.7. The van der Waals surface area contributed by atoms with Crippen LogP contribution in [0.15, 0.2) is 0 Å². The van der Waals surface area contributed by atoms with Gasteiger partial charge in [-0.3, -0.25) is 14.9 Å². The van der Waals surface area contributed by atoms with Crippen molar-refractivity contribution in [1.29, 1.82) is 0 Å². The van der Waals surface area contributed by atoms with E-state index in [0.29, 0.717) is 6.54 Å². The van der Waals surface area contributed by atoms with E-state index in [2.05, 4.69) is 10.5 Å². The molecule has 0 radical (unpaired) electrons. The van der Waals surface area contributed by atoms with Crippen LogP contribution in [0.3, 0.4) is 0 Å². The smallest absolute Gasteiger partial charge is 0.241 e. The topological polar surface area (TPSA) is 72.9 Å². The molecule has 0 saturated heterocycles. The summed E-state index contributed by atoms with van der Waals surface area (Å²) in [6, 6.07) is 0. The fourth-order valence-corrected chi connectivity index (χ4v) is 1.58. The number of hydrogen-bond acceptors (Lipinski definition) is 3. The lowest BCUT2D eigenvalue weighted by atomic mass is 9.92. The second-order valence-corrected chi connectivity index (χ2v) is 4.81. The summed E-state index contributed by atoms with van der Waals surface area (Å²) in [4.78, 5) is 11.6. The SMILES string of the molecule is Cc1nn(CC(C)(C)C(=O)NN)c(C)c1C. The number of hydrogen-bond donors (Lipinski definition) is 2. The molecular weight excluding hydrogens is 204 g/mol. The van der Waals surface area contributed by atoms with Crippen LogP contribution in [0, 0.1) is 26.2 Å². The molecule has 0 unspecified atom stereocenters. The van der Waals surface area contributed by atoms with Crippen LogP contribution < -0.4 is 11.3 Å². The Balaban J connectivity index is 2.96. The van der Waals surface area contributed by atoms with E-state index in [4.69, 9.17) is 5.84 Å². The van der Waals surface area contributed by atoms with Crippen molar-refractivity contribution < 1.29 is 4.79 Å².